The van der Waals surface area contributed by atoms with Crippen LogP contribution in [0.2, 0.25) is 0 Å². The van der Waals surface area contributed by atoms with Gasteiger partial charge in [0.05, 0.1) is 17.4 Å². The van der Waals surface area contributed by atoms with Gasteiger partial charge in [0.2, 0.25) is 0 Å². The number of anilines is 1. The van der Waals surface area contributed by atoms with Crippen molar-refractivity contribution < 1.29 is 4.39 Å². The van der Waals surface area contributed by atoms with E-state index in [1.54, 1.807) is 12.3 Å². The van der Waals surface area contributed by atoms with Crippen LogP contribution in [0.15, 0.2) is 54.7 Å². The van der Waals surface area contributed by atoms with E-state index in [1.165, 1.54) is 11.8 Å². The Kier molecular flexibility index (Phi) is 4.71. The number of rotatable bonds is 3. The maximum Gasteiger partial charge on any atom is 0.132 e. The molecule has 0 atom stereocenters. The molecule has 1 aliphatic heterocycles. The van der Waals surface area contributed by atoms with Gasteiger partial charge in [-0.2, -0.15) is 5.10 Å². The average Bonchev–Trinajstić information content (AvgIpc) is 3.18. The molecule has 1 fully saturated rings. The van der Waals surface area contributed by atoms with E-state index in [1.807, 2.05) is 19.1 Å². The molecule has 1 N–H and O–H groups in total. The van der Waals surface area contributed by atoms with E-state index in [-0.39, 0.29) is 5.82 Å². The predicted octanol–water partition coefficient (Wildman–Crippen LogP) is 4.49. The lowest BCUT2D eigenvalue weighted by Gasteiger charge is -2.34. The third kappa shape index (κ3) is 3.33. The monoisotopic (exact) mass is 401 g/mol. The van der Waals surface area contributed by atoms with Crippen LogP contribution in [-0.2, 0) is 0 Å². The molecule has 30 heavy (non-hydrogen) atoms. The Labute approximate surface area is 175 Å². The highest BCUT2D eigenvalue weighted by molar-refractivity contribution is 5.94. The minimum Gasteiger partial charge on any atom is -0.369 e. The highest BCUT2D eigenvalue weighted by atomic mass is 19.1. The van der Waals surface area contributed by atoms with E-state index in [9.17, 15) is 4.39 Å². The Bertz CT molecular complexity index is 1170. The van der Waals surface area contributed by atoms with E-state index in [4.69, 9.17) is 0 Å². The molecule has 1 aliphatic rings. The molecule has 3 heterocycles. The van der Waals surface area contributed by atoms with Gasteiger partial charge >= 0.3 is 0 Å². The van der Waals surface area contributed by atoms with Crippen molar-refractivity contribution in [3.63, 3.8) is 0 Å². The summed E-state index contributed by atoms with van der Waals surface area (Å²) in [7, 11) is 2.16. The number of benzene rings is 2. The highest BCUT2D eigenvalue weighted by Gasteiger charge is 2.16. The van der Waals surface area contributed by atoms with Gasteiger partial charge < -0.3 is 9.80 Å². The second-order valence-corrected chi connectivity index (χ2v) is 7.96. The van der Waals surface area contributed by atoms with Crippen molar-refractivity contribution in [1.82, 2.24) is 20.1 Å². The third-order valence-electron chi connectivity index (χ3n) is 5.93. The molecule has 0 radical (unpaired) electrons. The number of H-pyrrole nitrogens is 1. The topological polar surface area (TPSA) is 48.0 Å². The fourth-order valence-corrected chi connectivity index (χ4v) is 4.12. The van der Waals surface area contributed by atoms with Crippen LogP contribution in [-0.4, -0.2) is 53.3 Å². The second-order valence-electron chi connectivity index (χ2n) is 7.96. The Morgan fingerprint density at radius 1 is 1.00 bits per heavy atom. The van der Waals surface area contributed by atoms with E-state index in [0.29, 0.717) is 11.3 Å². The van der Waals surface area contributed by atoms with Gasteiger partial charge in [-0.3, -0.25) is 10.1 Å². The molecule has 4 aromatic rings. The SMILES string of the molecule is Cc1cccc(F)c1-c1cc2c(-c3ccc(N4CCN(C)CC4)cc3)n[nH]c2cn1. The van der Waals surface area contributed by atoms with Gasteiger partial charge in [-0.25, -0.2) is 4.39 Å². The molecule has 0 unspecified atom stereocenters. The Balaban J connectivity index is 1.50. The number of hydrogen-bond acceptors (Lipinski definition) is 4. The summed E-state index contributed by atoms with van der Waals surface area (Å²) in [5, 5.41) is 8.51. The molecule has 2 aromatic heterocycles. The lowest BCUT2D eigenvalue weighted by atomic mass is 10.0. The first-order chi connectivity index (χ1) is 14.6. The minimum absolute atomic E-state index is 0.261. The molecular weight excluding hydrogens is 377 g/mol. The number of aromatic amines is 1. The van der Waals surface area contributed by atoms with Crippen molar-refractivity contribution in [2.45, 2.75) is 6.92 Å². The number of nitrogens with zero attached hydrogens (tertiary/aromatic N) is 4. The number of piperazine rings is 1. The standard InChI is InChI=1S/C24H24FN5/c1-16-4-3-5-20(25)23(16)21-14-19-22(15-26-21)27-28-24(19)17-6-8-18(9-7-17)30-12-10-29(2)11-13-30/h3-9,14-15H,10-13H2,1-2H3,(H,27,28). The van der Waals surface area contributed by atoms with Crippen LogP contribution < -0.4 is 4.90 Å². The summed E-state index contributed by atoms with van der Waals surface area (Å²) in [6, 6.07) is 15.6. The van der Waals surface area contributed by atoms with Crippen LogP contribution in [0.25, 0.3) is 33.4 Å². The quantitative estimate of drug-likeness (QED) is 0.549. The number of nitrogens with one attached hydrogen (secondary N) is 1. The molecule has 6 heteroatoms. The fraction of sp³-hybridized carbons (Fsp3) is 0.250. The number of aryl methyl sites for hydroxylation is 1. The van der Waals surface area contributed by atoms with Crippen LogP contribution >= 0.6 is 0 Å². The van der Waals surface area contributed by atoms with Crippen LogP contribution in [0.3, 0.4) is 0 Å². The summed E-state index contributed by atoms with van der Waals surface area (Å²) in [6.45, 7) is 6.14. The van der Waals surface area contributed by atoms with Gasteiger partial charge in [-0.15, -0.1) is 0 Å². The largest absolute Gasteiger partial charge is 0.369 e. The number of likely N-dealkylation sites (N-methyl/N-ethyl adjacent to an activating group) is 1. The van der Waals surface area contributed by atoms with E-state index in [0.717, 1.165) is 53.9 Å². The minimum atomic E-state index is -0.261. The first-order valence-electron chi connectivity index (χ1n) is 10.2. The van der Waals surface area contributed by atoms with Gasteiger partial charge in [0.1, 0.15) is 11.5 Å². The smallest absolute Gasteiger partial charge is 0.132 e. The average molecular weight is 401 g/mol. The zero-order chi connectivity index (χ0) is 20.7. The number of pyridine rings is 1. The zero-order valence-corrected chi connectivity index (χ0v) is 17.2. The lowest BCUT2D eigenvalue weighted by molar-refractivity contribution is 0.313. The van der Waals surface area contributed by atoms with E-state index >= 15 is 0 Å². The molecule has 2 aromatic carbocycles. The van der Waals surface area contributed by atoms with E-state index < -0.39 is 0 Å². The molecule has 0 amide bonds. The summed E-state index contributed by atoms with van der Waals surface area (Å²) < 4.78 is 14.5. The summed E-state index contributed by atoms with van der Waals surface area (Å²) >= 11 is 0. The molecule has 5 rings (SSSR count). The zero-order valence-electron chi connectivity index (χ0n) is 17.2. The molecule has 0 aliphatic carbocycles. The summed E-state index contributed by atoms with van der Waals surface area (Å²) in [4.78, 5) is 9.23. The lowest BCUT2D eigenvalue weighted by Crippen LogP contribution is -2.44. The summed E-state index contributed by atoms with van der Waals surface area (Å²) in [6.07, 6.45) is 1.73. The summed E-state index contributed by atoms with van der Waals surface area (Å²) in [5.41, 5.74) is 5.98. The number of aromatic nitrogens is 3. The normalized spacial score (nSPS) is 15.1. The van der Waals surface area contributed by atoms with E-state index in [2.05, 4.69) is 56.3 Å². The fourth-order valence-electron chi connectivity index (χ4n) is 4.12. The molecule has 0 saturated carbocycles. The maximum absolute atomic E-state index is 14.5. The van der Waals surface area contributed by atoms with Gasteiger partial charge in [0.25, 0.3) is 0 Å². The van der Waals surface area contributed by atoms with Crippen LogP contribution in [0, 0.1) is 12.7 Å². The number of hydrogen-bond donors (Lipinski definition) is 1. The van der Waals surface area contributed by atoms with Gasteiger partial charge in [-0.1, -0.05) is 24.3 Å². The first kappa shape index (κ1) is 18.8. The Hall–Kier alpha value is -3.25. The van der Waals surface area contributed by atoms with Gasteiger partial charge in [0.15, 0.2) is 0 Å². The predicted molar refractivity (Wildman–Crippen MR) is 119 cm³/mol. The molecule has 152 valence electrons. The Morgan fingerprint density at radius 2 is 1.77 bits per heavy atom. The van der Waals surface area contributed by atoms with Crippen molar-refractivity contribution in [2.24, 2.45) is 0 Å². The maximum atomic E-state index is 14.5. The molecule has 1 saturated heterocycles. The summed E-state index contributed by atoms with van der Waals surface area (Å²) in [5.74, 6) is -0.261. The van der Waals surface area contributed by atoms with Crippen LogP contribution in [0.1, 0.15) is 5.56 Å². The molecule has 0 bridgehead atoms. The first-order valence-corrected chi connectivity index (χ1v) is 10.2. The molecule has 0 spiro atoms. The second kappa shape index (κ2) is 7.54. The van der Waals surface area contributed by atoms with Gasteiger partial charge in [-0.05, 0) is 43.8 Å². The number of halogens is 1. The van der Waals surface area contributed by atoms with Crippen LogP contribution in [0.5, 0.6) is 0 Å². The van der Waals surface area contributed by atoms with Crippen molar-refractivity contribution in [1.29, 1.82) is 0 Å². The van der Waals surface area contributed by atoms with Gasteiger partial charge in [0, 0.05) is 48.4 Å². The van der Waals surface area contributed by atoms with Crippen LogP contribution in [0.4, 0.5) is 10.1 Å². The molecular formula is C24H24FN5. The van der Waals surface area contributed by atoms with Crippen molar-refractivity contribution in [3.8, 4) is 22.5 Å². The number of fused-ring (bicyclic) bond motifs is 1. The molecule has 5 nitrogen and oxygen atoms in total. The van der Waals surface area contributed by atoms with Crippen molar-refractivity contribution >= 4 is 16.6 Å². The highest BCUT2D eigenvalue weighted by Crippen LogP contribution is 2.32. The van der Waals surface area contributed by atoms with Crippen molar-refractivity contribution in [3.05, 3.63) is 66.1 Å². The third-order valence-corrected chi connectivity index (χ3v) is 5.93. The van der Waals surface area contributed by atoms with Crippen molar-refractivity contribution in [2.75, 3.05) is 38.1 Å². The Morgan fingerprint density at radius 3 is 2.50 bits per heavy atom.